The average Bonchev–Trinajstić information content (AvgIpc) is 3.09. The molecule has 1 unspecified atom stereocenters. The number of rotatable bonds is 8. The van der Waals surface area contributed by atoms with Gasteiger partial charge < -0.3 is 20.3 Å². The van der Waals surface area contributed by atoms with Crippen LogP contribution >= 0.6 is 11.6 Å². The number of carbonyl (C=O) groups excluding carboxylic acids is 3. The maximum absolute atomic E-state index is 12.8. The molecule has 1 aromatic carbocycles. The Hall–Kier alpha value is -2.28. The lowest BCUT2D eigenvalue weighted by molar-refractivity contribution is -0.138. The number of primary amides is 1. The average molecular weight is 422 g/mol. The summed E-state index contributed by atoms with van der Waals surface area (Å²) in [6.07, 6.45) is 3.42. The van der Waals surface area contributed by atoms with Crippen LogP contribution in [0.5, 0.6) is 5.75 Å². The van der Waals surface area contributed by atoms with E-state index in [-0.39, 0.29) is 24.8 Å². The maximum atomic E-state index is 12.8. The molecule has 3 amide bonds. The molecule has 2 aliphatic rings. The van der Waals surface area contributed by atoms with E-state index in [0.29, 0.717) is 43.2 Å². The molecule has 2 heterocycles. The van der Waals surface area contributed by atoms with Crippen LogP contribution in [0.25, 0.3) is 0 Å². The second-order valence-corrected chi connectivity index (χ2v) is 8.48. The number of hydrogen-bond donors (Lipinski definition) is 1. The molecule has 2 fully saturated rings. The lowest BCUT2D eigenvalue weighted by Gasteiger charge is -2.42. The SMILES string of the molecule is NC(=O)CC1(COc2cccc(Cl)c2)CCCN(C(=O)CCN2CCCC2=O)C1. The number of piperidine rings is 1. The molecule has 29 heavy (non-hydrogen) atoms. The third-order valence-electron chi connectivity index (χ3n) is 5.67. The third-order valence-corrected chi connectivity index (χ3v) is 5.91. The summed E-state index contributed by atoms with van der Waals surface area (Å²) in [7, 11) is 0. The highest BCUT2D eigenvalue weighted by Gasteiger charge is 2.39. The van der Waals surface area contributed by atoms with E-state index in [9.17, 15) is 14.4 Å². The van der Waals surface area contributed by atoms with E-state index in [2.05, 4.69) is 0 Å². The molecular formula is C21H28ClN3O4. The first kappa shape index (κ1) is 21.4. The molecule has 0 spiro atoms. The van der Waals surface area contributed by atoms with Gasteiger partial charge in [0.2, 0.25) is 17.7 Å². The van der Waals surface area contributed by atoms with Crippen molar-refractivity contribution >= 4 is 29.3 Å². The highest BCUT2D eigenvalue weighted by Crippen LogP contribution is 2.35. The van der Waals surface area contributed by atoms with Gasteiger partial charge in [-0.25, -0.2) is 0 Å². The summed E-state index contributed by atoms with van der Waals surface area (Å²) in [4.78, 5) is 39.8. The zero-order chi connectivity index (χ0) is 20.9. The van der Waals surface area contributed by atoms with Crippen molar-refractivity contribution in [3.8, 4) is 5.75 Å². The van der Waals surface area contributed by atoms with Crippen molar-refractivity contribution in [3.63, 3.8) is 0 Å². The summed E-state index contributed by atoms with van der Waals surface area (Å²) in [5.41, 5.74) is 4.99. The van der Waals surface area contributed by atoms with Gasteiger partial charge in [0.05, 0.1) is 6.61 Å². The summed E-state index contributed by atoms with van der Waals surface area (Å²) in [6, 6.07) is 7.09. The molecule has 0 bridgehead atoms. The number of ether oxygens (including phenoxy) is 1. The normalized spacial score (nSPS) is 22.0. The minimum absolute atomic E-state index is 0.000927. The van der Waals surface area contributed by atoms with E-state index >= 15 is 0 Å². The minimum Gasteiger partial charge on any atom is -0.493 e. The fraction of sp³-hybridized carbons (Fsp3) is 0.571. The number of nitrogens with zero attached hydrogens (tertiary/aromatic N) is 2. The van der Waals surface area contributed by atoms with Gasteiger partial charge in [0, 0.05) is 55.9 Å². The first-order chi connectivity index (χ1) is 13.9. The first-order valence-corrected chi connectivity index (χ1v) is 10.5. The lowest BCUT2D eigenvalue weighted by atomic mass is 9.77. The van der Waals surface area contributed by atoms with Crippen molar-refractivity contribution in [3.05, 3.63) is 29.3 Å². The molecule has 2 saturated heterocycles. The van der Waals surface area contributed by atoms with Crippen molar-refractivity contribution in [2.24, 2.45) is 11.1 Å². The van der Waals surface area contributed by atoms with E-state index in [1.165, 1.54) is 0 Å². The topological polar surface area (TPSA) is 92.9 Å². The predicted octanol–water partition coefficient (Wildman–Crippen LogP) is 2.22. The number of carbonyl (C=O) groups is 3. The molecule has 1 atom stereocenters. The molecule has 2 N–H and O–H groups in total. The van der Waals surface area contributed by atoms with E-state index in [0.717, 1.165) is 25.8 Å². The monoisotopic (exact) mass is 421 g/mol. The predicted molar refractivity (Wildman–Crippen MR) is 109 cm³/mol. The largest absolute Gasteiger partial charge is 0.493 e. The molecule has 1 aromatic rings. The third kappa shape index (κ3) is 5.85. The lowest BCUT2D eigenvalue weighted by Crippen LogP contribution is -2.50. The Labute approximate surface area is 176 Å². The first-order valence-electron chi connectivity index (χ1n) is 10.1. The molecule has 3 rings (SSSR count). The Morgan fingerprint density at radius 1 is 1.24 bits per heavy atom. The van der Waals surface area contributed by atoms with Crippen molar-refractivity contribution in [1.29, 1.82) is 0 Å². The summed E-state index contributed by atoms with van der Waals surface area (Å²) in [5, 5.41) is 0.573. The summed E-state index contributed by atoms with van der Waals surface area (Å²) >= 11 is 6.01. The number of hydrogen-bond acceptors (Lipinski definition) is 4. The van der Waals surface area contributed by atoms with E-state index in [1.807, 2.05) is 6.07 Å². The molecule has 0 aliphatic carbocycles. The van der Waals surface area contributed by atoms with Crippen molar-refractivity contribution < 1.29 is 19.1 Å². The molecule has 7 nitrogen and oxygen atoms in total. The van der Waals surface area contributed by atoms with Crippen LogP contribution in [0.3, 0.4) is 0 Å². The Morgan fingerprint density at radius 3 is 2.76 bits per heavy atom. The van der Waals surface area contributed by atoms with Crippen LogP contribution in [0.2, 0.25) is 5.02 Å². The quantitative estimate of drug-likeness (QED) is 0.696. The van der Waals surface area contributed by atoms with Crippen LogP contribution in [-0.2, 0) is 14.4 Å². The smallest absolute Gasteiger partial charge is 0.224 e. The number of halogens is 1. The van der Waals surface area contributed by atoms with Crippen LogP contribution in [0.1, 0.15) is 38.5 Å². The van der Waals surface area contributed by atoms with Crippen LogP contribution in [0.15, 0.2) is 24.3 Å². The minimum atomic E-state index is -0.522. The fourth-order valence-electron chi connectivity index (χ4n) is 4.23. The van der Waals surface area contributed by atoms with Crippen LogP contribution in [0, 0.1) is 5.41 Å². The zero-order valence-electron chi connectivity index (χ0n) is 16.6. The molecule has 2 aliphatic heterocycles. The maximum Gasteiger partial charge on any atom is 0.224 e. The molecule has 0 saturated carbocycles. The van der Waals surface area contributed by atoms with Crippen LogP contribution in [-0.4, -0.2) is 60.3 Å². The molecule has 8 heteroatoms. The number of likely N-dealkylation sites (tertiary alicyclic amines) is 2. The Balaban J connectivity index is 1.62. The van der Waals surface area contributed by atoms with Gasteiger partial charge in [-0.2, -0.15) is 0 Å². The number of amides is 3. The van der Waals surface area contributed by atoms with Gasteiger partial charge in [-0.15, -0.1) is 0 Å². The van der Waals surface area contributed by atoms with Crippen molar-refractivity contribution in [2.75, 3.05) is 32.8 Å². The highest BCUT2D eigenvalue weighted by atomic mass is 35.5. The molecule has 158 valence electrons. The molecule has 0 radical (unpaired) electrons. The van der Waals surface area contributed by atoms with E-state index in [1.54, 1.807) is 28.0 Å². The van der Waals surface area contributed by atoms with Gasteiger partial charge in [-0.1, -0.05) is 17.7 Å². The van der Waals surface area contributed by atoms with E-state index < -0.39 is 11.3 Å². The summed E-state index contributed by atoms with van der Waals surface area (Å²) < 4.78 is 5.93. The van der Waals surface area contributed by atoms with Gasteiger partial charge in [0.25, 0.3) is 0 Å². The number of benzene rings is 1. The van der Waals surface area contributed by atoms with Gasteiger partial charge in [-0.05, 0) is 37.5 Å². The summed E-state index contributed by atoms with van der Waals surface area (Å²) in [5.74, 6) is 0.337. The van der Waals surface area contributed by atoms with Gasteiger partial charge in [0.15, 0.2) is 0 Å². The van der Waals surface area contributed by atoms with Crippen molar-refractivity contribution in [1.82, 2.24) is 9.80 Å². The zero-order valence-corrected chi connectivity index (χ0v) is 17.3. The van der Waals surface area contributed by atoms with Gasteiger partial charge in [0.1, 0.15) is 5.75 Å². The van der Waals surface area contributed by atoms with Crippen LogP contribution in [0.4, 0.5) is 0 Å². The second-order valence-electron chi connectivity index (χ2n) is 8.04. The Kier molecular flexibility index (Phi) is 7.00. The standard InChI is InChI=1S/C21H28ClN3O4/c22-16-4-1-5-17(12-16)29-15-21(13-18(23)26)8-3-10-25(14-21)20(28)7-11-24-9-2-6-19(24)27/h1,4-5,12H,2-3,6-11,13-15H2,(H2,23,26). The van der Waals surface area contributed by atoms with Gasteiger partial charge in [-0.3, -0.25) is 14.4 Å². The Morgan fingerprint density at radius 2 is 2.07 bits per heavy atom. The van der Waals surface area contributed by atoms with Crippen molar-refractivity contribution in [2.45, 2.75) is 38.5 Å². The van der Waals surface area contributed by atoms with Crippen LogP contribution < -0.4 is 10.5 Å². The summed E-state index contributed by atoms with van der Waals surface area (Å²) in [6.45, 7) is 2.53. The van der Waals surface area contributed by atoms with E-state index in [4.69, 9.17) is 22.1 Å². The highest BCUT2D eigenvalue weighted by molar-refractivity contribution is 6.30. The molecular weight excluding hydrogens is 394 g/mol. The number of nitrogens with two attached hydrogens (primary N) is 1. The van der Waals surface area contributed by atoms with Gasteiger partial charge >= 0.3 is 0 Å². The Bertz CT molecular complexity index is 772. The second kappa shape index (κ2) is 9.48. The fourth-order valence-corrected chi connectivity index (χ4v) is 4.41. The molecule has 0 aromatic heterocycles.